The third-order valence-electron chi connectivity index (χ3n) is 6.67. The Morgan fingerprint density at radius 3 is 2.68 bits per heavy atom. The zero-order valence-corrected chi connectivity index (χ0v) is 23.7. The van der Waals surface area contributed by atoms with E-state index in [0.717, 1.165) is 19.3 Å². The van der Waals surface area contributed by atoms with E-state index in [1.165, 1.54) is 23.2 Å². The first-order valence-electron chi connectivity index (χ1n) is 13.0. The molecule has 38 heavy (non-hydrogen) atoms. The summed E-state index contributed by atoms with van der Waals surface area (Å²) in [4.78, 5) is 19.5. The fourth-order valence-corrected chi connectivity index (χ4v) is 5.45. The highest BCUT2D eigenvalue weighted by molar-refractivity contribution is 7.92. The molecule has 2 heterocycles. The molecular weight excluding hydrogens is 510 g/mol. The predicted molar refractivity (Wildman–Crippen MR) is 145 cm³/mol. The number of aliphatic hydroxyl groups is 1. The number of hydrogen-bond donors (Lipinski definition) is 3. The quantitative estimate of drug-likeness (QED) is 0.477. The Morgan fingerprint density at radius 1 is 1.26 bits per heavy atom. The van der Waals surface area contributed by atoms with Gasteiger partial charge in [0.15, 0.2) is 5.03 Å². The van der Waals surface area contributed by atoms with Crippen LogP contribution in [0.25, 0.3) is 0 Å². The smallest absolute Gasteiger partial charge is 0.280 e. The van der Waals surface area contributed by atoms with E-state index >= 15 is 0 Å². The first-order valence-corrected chi connectivity index (χ1v) is 14.5. The lowest BCUT2D eigenvalue weighted by atomic mass is 10.0. The molecule has 0 radical (unpaired) electrons. The number of amides is 1. The molecule has 1 aliphatic heterocycles. The second-order valence-corrected chi connectivity index (χ2v) is 11.7. The number of hydrogen-bond acceptors (Lipinski definition) is 8. The number of benzene rings is 1. The van der Waals surface area contributed by atoms with Gasteiger partial charge < -0.3 is 29.4 Å². The van der Waals surface area contributed by atoms with Gasteiger partial charge in [0.2, 0.25) is 0 Å². The number of anilines is 1. The number of imidazole rings is 1. The summed E-state index contributed by atoms with van der Waals surface area (Å²) in [5.74, 6) is -0.0246. The number of rotatable bonds is 7. The number of nitrogens with one attached hydrogen (secondary N) is 2. The van der Waals surface area contributed by atoms with E-state index in [-0.39, 0.29) is 46.9 Å². The van der Waals surface area contributed by atoms with Gasteiger partial charge in [-0.25, -0.2) is 4.98 Å². The number of ether oxygens (including phenoxy) is 2. The highest BCUT2D eigenvalue weighted by Gasteiger charge is 2.30. The summed E-state index contributed by atoms with van der Waals surface area (Å²) < 4.78 is 42.2. The van der Waals surface area contributed by atoms with Crippen molar-refractivity contribution >= 4 is 21.6 Å². The van der Waals surface area contributed by atoms with E-state index in [4.69, 9.17) is 9.47 Å². The minimum atomic E-state index is -3.96. The average molecular weight is 552 g/mol. The number of sulfonamides is 1. The van der Waals surface area contributed by atoms with Crippen molar-refractivity contribution in [2.45, 2.75) is 63.3 Å². The lowest BCUT2D eigenvalue weighted by molar-refractivity contribution is -0.000450. The zero-order valence-electron chi connectivity index (χ0n) is 22.9. The van der Waals surface area contributed by atoms with Crippen LogP contribution in [0.3, 0.4) is 0 Å². The van der Waals surface area contributed by atoms with E-state index in [1.807, 2.05) is 20.9 Å². The van der Waals surface area contributed by atoms with Crippen LogP contribution in [0.4, 0.5) is 5.69 Å². The normalized spacial score (nSPS) is 22.7. The molecule has 12 heteroatoms. The SMILES string of the molecule is CNC[C@H]1OCCCC[C@@H](C)Oc2ccc(NS(=O)(=O)c3cn(C)cn3)cc2C(=O)N([C@H](C)CO)C[C@@H]1C. The molecule has 1 amide bonds. The number of aliphatic hydroxyl groups excluding tert-OH is 1. The Kier molecular flexibility index (Phi) is 10.5. The van der Waals surface area contributed by atoms with E-state index < -0.39 is 16.1 Å². The molecule has 1 aliphatic rings. The van der Waals surface area contributed by atoms with Crippen molar-refractivity contribution in [3.63, 3.8) is 0 Å². The number of aromatic nitrogens is 2. The van der Waals surface area contributed by atoms with Crippen molar-refractivity contribution in [3.8, 4) is 5.75 Å². The largest absolute Gasteiger partial charge is 0.490 e. The molecule has 1 aromatic carbocycles. The molecule has 1 aromatic heterocycles. The van der Waals surface area contributed by atoms with Crippen LogP contribution in [0.5, 0.6) is 5.75 Å². The van der Waals surface area contributed by atoms with Crippen molar-refractivity contribution in [1.29, 1.82) is 0 Å². The summed E-state index contributed by atoms with van der Waals surface area (Å²) in [6.07, 6.45) is 5.07. The minimum Gasteiger partial charge on any atom is -0.490 e. The standard InChI is InChI=1S/C26H41N5O6S/c1-18-14-31(19(2)16-32)26(33)22-12-21(29-38(34,35)25-15-30(5)17-28-25)9-10-23(22)37-20(3)8-6-7-11-36-24(18)13-27-4/h9-10,12,15,17-20,24,27,29,32H,6-8,11,13-14,16H2,1-5H3/t18-,19+,20+,24+/m0/s1. The van der Waals surface area contributed by atoms with Gasteiger partial charge in [-0.3, -0.25) is 9.52 Å². The third kappa shape index (κ3) is 7.68. The highest BCUT2D eigenvalue weighted by Crippen LogP contribution is 2.29. The maximum atomic E-state index is 14.0. The molecule has 4 atom stereocenters. The van der Waals surface area contributed by atoms with Gasteiger partial charge in [-0.15, -0.1) is 0 Å². The van der Waals surface area contributed by atoms with Gasteiger partial charge in [0.05, 0.1) is 36.7 Å². The molecule has 0 spiro atoms. The molecule has 0 fully saturated rings. The Bertz CT molecular complexity index is 1170. The first-order chi connectivity index (χ1) is 18.1. The van der Waals surface area contributed by atoms with Crippen LogP contribution in [0.2, 0.25) is 0 Å². The van der Waals surface area contributed by atoms with E-state index in [1.54, 1.807) is 31.0 Å². The van der Waals surface area contributed by atoms with Gasteiger partial charge in [0, 0.05) is 44.5 Å². The predicted octanol–water partition coefficient (Wildman–Crippen LogP) is 2.24. The average Bonchev–Trinajstić information content (AvgIpc) is 3.33. The van der Waals surface area contributed by atoms with Crippen molar-refractivity contribution in [2.75, 3.05) is 38.1 Å². The topological polar surface area (TPSA) is 135 Å². The monoisotopic (exact) mass is 551 g/mol. The lowest BCUT2D eigenvalue weighted by Crippen LogP contribution is -2.47. The number of likely N-dealkylation sites (N-methyl/N-ethyl adjacent to an activating group) is 1. The Balaban J connectivity index is 2.02. The van der Waals surface area contributed by atoms with Gasteiger partial charge in [-0.1, -0.05) is 6.92 Å². The zero-order chi connectivity index (χ0) is 27.9. The maximum Gasteiger partial charge on any atom is 0.280 e. The van der Waals surface area contributed by atoms with Crippen molar-refractivity contribution < 1.29 is 27.8 Å². The van der Waals surface area contributed by atoms with Crippen LogP contribution in [0.1, 0.15) is 50.4 Å². The van der Waals surface area contributed by atoms with Crippen LogP contribution in [0, 0.1) is 5.92 Å². The Morgan fingerprint density at radius 2 is 2.03 bits per heavy atom. The molecular formula is C26H41N5O6S. The second-order valence-electron chi connectivity index (χ2n) is 10.1. The summed E-state index contributed by atoms with van der Waals surface area (Å²) in [6, 6.07) is 4.19. The van der Waals surface area contributed by atoms with Gasteiger partial charge in [0.25, 0.3) is 15.9 Å². The fraction of sp³-hybridized carbons (Fsp3) is 0.615. The molecule has 3 rings (SSSR count). The van der Waals surface area contributed by atoms with Crippen molar-refractivity contribution in [3.05, 3.63) is 36.3 Å². The molecule has 2 aromatic rings. The number of nitrogens with zero attached hydrogens (tertiary/aromatic N) is 3. The summed E-state index contributed by atoms with van der Waals surface area (Å²) in [6.45, 7) is 7.10. The van der Waals surface area contributed by atoms with Crippen molar-refractivity contribution in [2.24, 2.45) is 13.0 Å². The van der Waals surface area contributed by atoms with Crippen LogP contribution >= 0.6 is 0 Å². The highest BCUT2D eigenvalue weighted by atomic mass is 32.2. The third-order valence-corrected chi connectivity index (χ3v) is 7.93. The first kappa shape index (κ1) is 29.9. The van der Waals surface area contributed by atoms with Gasteiger partial charge >= 0.3 is 0 Å². The fourth-order valence-electron chi connectivity index (χ4n) is 4.41. The van der Waals surface area contributed by atoms with Crippen LogP contribution in [-0.2, 0) is 21.8 Å². The van der Waals surface area contributed by atoms with E-state index in [9.17, 15) is 18.3 Å². The van der Waals surface area contributed by atoms with Crippen LogP contribution in [-0.4, -0.2) is 85.5 Å². The maximum absolute atomic E-state index is 14.0. The lowest BCUT2D eigenvalue weighted by Gasteiger charge is -2.34. The van der Waals surface area contributed by atoms with Crippen LogP contribution in [0.15, 0.2) is 35.7 Å². The molecule has 0 saturated heterocycles. The molecule has 11 nitrogen and oxygen atoms in total. The summed E-state index contributed by atoms with van der Waals surface area (Å²) >= 11 is 0. The van der Waals surface area contributed by atoms with Gasteiger partial charge in [-0.2, -0.15) is 8.42 Å². The molecule has 0 unspecified atom stereocenters. The Labute approximate surface area is 225 Å². The van der Waals surface area contributed by atoms with Gasteiger partial charge in [0.1, 0.15) is 5.75 Å². The summed E-state index contributed by atoms with van der Waals surface area (Å²) in [5.41, 5.74) is 0.426. The molecule has 0 aliphatic carbocycles. The van der Waals surface area contributed by atoms with E-state index in [2.05, 4.69) is 15.0 Å². The minimum absolute atomic E-state index is 0.0301. The van der Waals surface area contributed by atoms with Crippen molar-refractivity contribution in [1.82, 2.24) is 19.8 Å². The summed E-state index contributed by atoms with van der Waals surface area (Å²) in [7, 11) is -0.420. The number of fused-ring (bicyclic) bond motifs is 1. The molecule has 212 valence electrons. The van der Waals surface area contributed by atoms with E-state index in [0.29, 0.717) is 25.4 Å². The number of carbonyl (C=O) groups is 1. The number of carbonyl (C=O) groups excluding carboxylic acids is 1. The number of aryl methyl sites for hydroxylation is 1. The molecule has 0 bridgehead atoms. The Hall–Kier alpha value is -2.67. The molecule has 3 N–H and O–H groups in total. The summed E-state index contributed by atoms with van der Waals surface area (Å²) in [5, 5.41) is 13.0. The van der Waals surface area contributed by atoms with Crippen LogP contribution < -0.4 is 14.8 Å². The second kappa shape index (κ2) is 13.4. The van der Waals surface area contributed by atoms with Gasteiger partial charge in [-0.05, 0) is 58.4 Å². The molecule has 0 saturated carbocycles.